The van der Waals surface area contributed by atoms with Crippen LogP contribution in [0.4, 0.5) is 4.39 Å². The average molecular weight is 276 g/mol. The predicted octanol–water partition coefficient (Wildman–Crippen LogP) is 3.49. The molecule has 2 heterocycles. The minimum atomic E-state index is -0.0784. The summed E-state index contributed by atoms with van der Waals surface area (Å²) in [6.45, 7) is 4.59. The highest BCUT2D eigenvalue weighted by Gasteiger charge is 2.36. The molecule has 2 aliphatic heterocycles. The molecule has 0 spiro atoms. The van der Waals surface area contributed by atoms with E-state index in [1.54, 1.807) is 12.1 Å². The molecule has 2 aliphatic rings. The summed E-state index contributed by atoms with van der Waals surface area (Å²) in [4.78, 5) is 2.62. The van der Waals surface area contributed by atoms with E-state index in [2.05, 4.69) is 17.1 Å². The smallest absolute Gasteiger partial charge is 0.127 e. The standard InChI is InChI=1S/C17H25FN2/c1-2-15(13-7-3-4-8-14(13)18)19-16-10-12-20-11-6-5-9-17(16)20/h3-4,7-8,15-17,19H,2,5-6,9-12H2,1H3. The van der Waals surface area contributed by atoms with Crippen molar-refractivity contribution in [2.75, 3.05) is 13.1 Å². The van der Waals surface area contributed by atoms with Crippen molar-refractivity contribution in [3.05, 3.63) is 35.6 Å². The molecule has 3 atom stereocenters. The van der Waals surface area contributed by atoms with Crippen LogP contribution in [0.15, 0.2) is 24.3 Å². The lowest BCUT2D eigenvalue weighted by Gasteiger charge is -2.34. The molecule has 1 aromatic rings. The Morgan fingerprint density at radius 3 is 2.90 bits per heavy atom. The molecule has 0 bridgehead atoms. The van der Waals surface area contributed by atoms with E-state index in [1.165, 1.54) is 38.8 Å². The number of piperidine rings is 1. The van der Waals surface area contributed by atoms with Gasteiger partial charge in [-0.25, -0.2) is 4.39 Å². The molecule has 2 nitrogen and oxygen atoms in total. The monoisotopic (exact) mass is 276 g/mol. The van der Waals surface area contributed by atoms with Gasteiger partial charge in [-0.2, -0.15) is 0 Å². The Morgan fingerprint density at radius 1 is 1.25 bits per heavy atom. The van der Waals surface area contributed by atoms with Gasteiger partial charge >= 0.3 is 0 Å². The Hall–Kier alpha value is -0.930. The summed E-state index contributed by atoms with van der Waals surface area (Å²) in [6.07, 6.45) is 6.12. The van der Waals surface area contributed by atoms with Crippen molar-refractivity contribution in [1.29, 1.82) is 0 Å². The Balaban J connectivity index is 1.71. The zero-order valence-corrected chi connectivity index (χ0v) is 12.3. The van der Waals surface area contributed by atoms with Crippen LogP contribution >= 0.6 is 0 Å². The van der Waals surface area contributed by atoms with E-state index in [1.807, 2.05) is 12.1 Å². The van der Waals surface area contributed by atoms with Crippen LogP contribution in [-0.2, 0) is 0 Å². The van der Waals surface area contributed by atoms with Gasteiger partial charge in [-0.3, -0.25) is 4.90 Å². The van der Waals surface area contributed by atoms with Gasteiger partial charge in [-0.05, 0) is 38.3 Å². The number of hydrogen-bond donors (Lipinski definition) is 1. The summed E-state index contributed by atoms with van der Waals surface area (Å²) in [5.74, 6) is -0.0784. The third-order valence-electron chi connectivity index (χ3n) is 4.96. The molecule has 1 aromatic carbocycles. The van der Waals surface area contributed by atoms with Crippen LogP contribution in [0.25, 0.3) is 0 Å². The van der Waals surface area contributed by atoms with Crippen LogP contribution in [0.1, 0.15) is 50.6 Å². The van der Waals surface area contributed by atoms with Gasteiger partial charge < -0.3 is 5.32 Å². The molecule has 2 saturated heterocycles. The molecule has 3 heteroatoms. The van der Waals surface area contributed by atoms with E-state index in [4.69, 9.17) is 0 Å². The Labute approximate surface area is 121 Å². The lowest BCUT2D eigenvalue weighted by Crippen LogP contribution is -2.46. The first kappa shape index (κ1) is 14.0. The fourth-order valence-corrected chi connectivity index (χ4v) is 3.89. The van der Waals surface area contributed by atoms with E-state index in [0.717, 1.165) is 12.0 Å². The van der Waals surface area contributed by atoms with Crippen LogP contribution < -0.4 is 5.32 Å². The molecule has 3 unspecified atom stereocenters. The van der Waals surface area contributed by atoms with E-state index >= 15 is 0 Å². The first-order chi connectivity index (χ1) is 9.79. The number of nitrogens with one attached hydrogen (secondary N) is 1. The molecule has 1 N–H and O–H groups in total. The third kappa shape index (κ3) is 2.75. The van der Waals surface area contributed by atoms with Gasteiger partial charge in [0.15, 0.2) is 0 Å². The van der Waals surface area contributed by atoms with Gasteiger partial charge in [0.2, 0.25) is 0 Å². The summed E-state index contributed by atoms with van der Waals surface area (Å²) in [7, 11) is 0. The van der Waals surface area contributed by atoms with Crippen LogP contribution in [0, 0.1) is 5.82 Å². The van der Waals surface area contributed by atoms with Crippen molar-refractivity contribution in [2.45, 2.75) is 57.2 Å². The molecule has 0 radical (unpaired) electrons. The highest BCUT2D eigenvalue weighted by Crippen LogP contribution is 2.30. The fourth-order valence-electron chi connectivity index (χ4n) is 3.89. The quantitative estimate of drug-likeness (QED) is 0.905. The number of rotatable bonds is 4. The van der Waals surface area contributed by atoms with Crippen molar-refractivity contribution >= 4 is 0 Å². The SMILES string of the molecule is CCC(NC1CCN2CCCCC12)c1ccccc1F. The van der Waals surface area contributed by atoms with E-state index in [0.29, 0.717) is 12.1 Å². The molecule has 3 rings (SSSR count). The van der Waals surface area contributed by atoms with Crippen molar-refractivity contribution in [3.8, 4) is 0 Å². The summed E-state index contributed by atoms with van der Waals surface area (Å²) in [5.41, 5.74) is 0.823. The summed E-state index contributed by atoms with van der Waals surface area (Å²) in [5, 5.41) is 3.74. The fraction of sp³-hybridized carbons (Fsp3) is 0.647. The van der Waals surface area contributed by atoms with Crippen molar-refractivity contribution in [2.24, 2.45) is 0 Å². The van der Waals surface area contributed by atoms with Crippen LogP contribution in [-0.4, -0.2) is 30.1 Å². The molecule has 0 saturated carbocycles. The van der Waals surface area contributed by atoms with Crippen LogP contribution in [0.3, 0.4) is 0 Å². The number of nitrogens with zero attached hydrogens (tertiary/aromatic N) is 1. The first-order valence-electron chi connectivity index (χ1n) is 8.04. The second-order valence-corrected chi connectivity index (χ2v) is 6.14. The second kappa shape index (κ2) is 6.23. The average Bonchev–Trinajstić information content (AvgIpc) is 2.89. The summed E-state index contributed by atoms with van der Waals surface area (Å²) < 4.78 is 14.0. The Morgan fingerprint density at radius 2 is 2.10 bits per heavy atom. The Kier molecular flexibility index (Phi) is 4.37. The van der Waals surface area contributed by atoms with Gasteiger partial charge in [-0.15, -0.1) is 0 Å². The maximum Gasteiger partial charge on any atom is 0.127 e. The largest absolute Gasteiger partial charge is 0.305 e. The normalized spacial score (nSPS) is 28.3. The lowest BCUT2D eigenvalue weighted by atomic mass is 9.96. The predicted molar refractivity (Wildman–Crippen MR) is 80.2 cm³/mol. The second-order valence-electron chi connectivity index (χ2n) is 6.14. The molecular formula is C17H25FN2. The zero-order valence-electron chi connectivity index (χ0n) is 12.3. The topological polar surface area (TPSA) is 15.3 Å². The Bertz CT molecular complexity index is 448. The third-order valence-corrected chi connectivity index (χ3v) is 4.96. The summed E-state index contributed by atoms with van der Waals surface area (Å²) >= 11 is 0. The van der Waals surface area contributed by atoms with Crippen molar-refractivity contribution < 1.29 is 4.39 Å². The van der Waals surface area contributed by atoms with Gasteiger partial charge in [-0.1, -0.05) is 31.5 Å². The molecule has 20 heavy (non-hydrogen) atoms. The lowest BCUT2D eigenvalue weighted by molar-refractivity contribution is 0.176. The molecule has 0 amide bonds. The van der Waals surface area contributed by atoms with Crippen LogP contribution in [0.5, 0.6) is 0 Å². The number of halogens is 1. The number of fused-ring (bicyclic) bond motifs is 1. The number of benzene rings is 1. The number of hydrogen-bond acceptors (Lipinski definition) is 2. The first-order valence-corrected chi connectivity index (χ1v) is 8.04. The van der Waals surface area contributed by atoms with Crippen LogP contribution in [0.2, 0.25) is 0 Å². The van der Waals surface area contributed by atoms with Gasteiger partial charge in [0.25, 0.3) is 0 Å². The minimum absolute atomic E-state index is 0.0784. The van der Waals surface area contributed by atoms with Gasteiger partial charge in [0, 0.05) is 30.2 Å². The maximum atomic E-state index is 14.0. The van der Waals surface area contributed by atoms with Crippen molar-refractivity contribution in [3.63, 3.8) is 0 Å². The van der Waals surface area contributed by atoms with Gasteiger partial charge in [0.05, 0.1) is 0 Å². The highest BCUT2D eigenvalue weighted by molar-refractivity contribution is 5.21. The molecular weight excluding hydrogens is 251 g/mol. The molecule has 0 aromatic heterocycles. The van der Waals surface area contributed by atoms with E-state index < -0.39 is 0 Å². The zero-order chi connectivity index (χ0) is 13.9. The van der Waals surface area contributed by atoms with Crippen molar-refractivity contribution in [1.82, 2.24) is 10.2 Å². The molecule has 110 valence electrons. The maximum absolute atomic E-state index is 14.0. The van der Waals surface area contributed by atoms with Gasteiger partial charge in [0.1, 0.15) is 5.82 Å². The van der Waals surface area contributed by atoms with E-state index in [9.17, 15) is 4.39 Å². The minimum Gasteiger partial charge on any atom is -0.305 e. The highest BCUT2D eigenvalue weighted by atomic mass is 19.1. The molecule has 0 aliphatic carbocycles. The summed E-state index contributed by atoms with van der Waals surface area (Å²) in [6, 6.07) is 8.53. The molecule has 2 fully saturated rings. The van der Waals surface area contributed by atoms with E-state index in [-0.39, 0.29) is 11.9 Å².